The Hall–Kier alpha value is -2.53. The summed E-state index contributed by atoms with van der Waals surface area (Å²) in [5.74, 6) is 0. The van der Waals surface area contributed by atoms with Crippen molar-refractivity contribution in [3.05, 3.63) is 76.9 Å². The van der Waals surface area contributed by atoms with Crippen molar-refractivity contribution in [3.8, 4) is 6.07 Å². The van der Waals surface area contributed by atoms with E-state index in [1.54, 1.807) is 6.08 Å². The highest BCUT2D eigenvalue weighted by atomic mass is 15.2. The number of para-hydroxylation sites is 1. The maximum atomic E-state index is 8.98. The fourth-order valence-corrected chi connectivity index (χ4v) is 3.84. The fraction of sp³-hybridized carbons (Fsp3) is 0.250. The second-order valence-electron chi connectivity index (χ2n) is 6.10. The molecule has 1 unspecified atom stereocenters. The molecule has 0 radical (unpaired) electrons. The summed E-state index contributed by atoms with van der Waals surface area (Å²) in [5, 5.41) is 8.98. The number of nitrogens with zero attached hydrogens (tertiary/aromatic N) is 2. The zero-order valence-electron chi connectivity index (χ0n) is 12.5. The van der Waals surface area contributed by atoms with Gasteiger partial charge in [0.2, 0.25) is 0 Å². The summed E-state index contributed by atoms with van der Waals surface area (Å²) in [4.78, 5) is 2.54. The predicted molar refractivity (Wildman–Crippen MR) is 88.7 cm³/mol. The van der Waals surface area contributed by atoms with Gasteiger partial charge >= 0.3 is 0 Å². The highest BCUT2D eigenvalue weighted by Gasteiger charge is 2.31. The molecule has 2 aliphatic heterocycles. The minimum absolute atomic E-state index is 0.355. The molecule has 0 amide bonds. The van der Waals surface area contributed by atoms with E-state index >= 15 is 0 Å². The molecule has 22 heavy (non-hydrogen) atoms. The normalized spacial score (nSPS) is 21.3. The van der Waals surface area contributed by atoms with Crippen LogP contribution >= 0.6 is 0 Å². The predicted octanol–water partition coefficient (Wildman–Crippen LogP) is 4.38. The number of nitriles is 1. The number of piperidine rings is 1. The van der Waals surface area contributed by atoms with Crippen molar-refractivity contribution < 1.29 is 0 Å². The molecule has 1 saturated heterocycles. The molecule has 0 aromatic heterocycles. The van der Waals surface area contributed by atoms with Gasteiger partial charge in [-0.15, -0.1) is 0 Å². The van der Waals surface area contributed by atoms with E-state index in [-0.39, 0.29) is 0 Å². The molecule has 2 aliphatic rings. The van der Waals surface area contributed by atoms with E-state index in [1.807, 2.05) is 0 Å². The highest BCUT2D eigenvalue weighted by molar-refractivity contribution is 5.61. The summed E-state index contributed by atoms with van der Waals surface area (Å²) in [6, 6.07) is 20.1. The average molecular weight is 286 g/mol. The Morgan fingerprint density at radius 2 is 1.82 bits per heavy atom. The van der Waals surface area contributed by atoms with Gasteiger partial charge in [0.25, 0.3) is 0 Å². The number of fused-ring (bicyclic) bond motifs is 5. The van der Waals surface area contributed by atoms with Gasteiger partial charge in [-0.3, -0.25) is 0 Å². The number of hydrogen-bond donors (Lipinski definition) is 0. The van der Waals surface area contributed by atoms with Gasteiger partial charge in [-0.2, -0.15) is 5.26 Å². The van der Waals surface area contributed by atoms with Gasteiger partial charge in [-0.25, -0.2) is 0 Å². The molecule has 2 nitrogen and oxygen atoms in total. The van der Waals surface area contributed by atoms with Crippen molar-refractivity contribution >= 4 is 5.69 Å². The lowest BCUT2D eigenvalue weighted by atomic mass is 9.89. The van der Waals surface area contributed by atoms with E-state index in [0.29, 0.717) is 6.04 Å². The van der Waals surface area contributed by atoms with Crippen LogP contribution in [0.2, 0.25) is 0 Å². The Balaban J connectivity index is 1.87. The molecule has 2 aromatic carbocycles. The van der Waals surface area contributed by atoms with Crippen LogP contribution in [0.25, 0.3) is 0 Å². The molecule has 2 heterocycles. The van der Waals surface area contributed by atoms with Crippen LogP contribution in [0.15, 0.2) is 60.2 Å². The maximum absolute atomic E-state index is 8.98. The minimum Gasteiger partial charge on any atom is -0.364 e. The van der Waals surface area contributed by atoms with E-state index in [1.165, 1.54) is 28.0 Å². The van der Waals surface area contributed by atoms with Crippen LogP contribution in [-0.2, 0) is 6.42 Å². The quantitative estimate of drug-likeness (QED) is 0.672. The SMILES string of the molecule is N#CC=C1CCN2c3ccccc3Cc3ccccc3C2C1. The molecule has 4 rings (SSSR count). The van der Waals surface area contributed by atoms with Gasteiger partial charge in [0.1, 0.15) is 0 Å². The third kappa shape index (κ3) is 2.10. The molecule has 0 spiro atoms. The van der Waals surface area contributed by atoms with Crippen LogP contribution in [0.3, 0.4) is 0 Å². The highest BCUT2D eigenvalue weighted by Crippen LogP contribution is 2.43. The fourth-order valence-electron chi connectivity index (χ4n) is 3.84. The third-order valence-corrected chi connectivity index (χ3v) is 4.87. The zero-order chi connectivity index (χ0) is 14.9. The molecule has 2 aromatic rings. The molecule has 0 bridgehead atoms. The molecule has 0 saturated carbocycles. The topological polar surface area (TPSA) is 27.0 Å². The van der Waals surface area contributed by atoms with Gasteiger partial charge in [0.05, 0.1) is 12.1 Å². The van der Waals surface area contributed by atoms with Crippen LogP contribution < -0.4 is 4.90 Å². The molecule has 108 valence electrons. The monoisotopic (exact) mass is 286 g/mol. The Kier molecular flexibility index (Phi) is 3.20. The van der Waals surface area contributed by atoms with E-state index in [2.05, 4.69) is 59.5 Å². The molecule has 1 fully saturated rings. The first-order valence-corrected chi connectivity index (χ1v) is 7.86. The number of allylic oxidation sites excluding steroid dienone is 1. The smallest absolute Gasteiger partial charge is 0.0911 e. The first-order chi connectivity index (χ1) is 10.9. The van der Waals surface area contributed by atoms with Crippen LogP contribution in [0.1, 0.15) is 35.6 Å². The Bertz CT molecular complexity index is 782. The zero-order valence-corrected chi connectivity index (χ0v) is 12.5. The summed E-state index contributed by atoms with van der Waals surface area (Å²) in [6.07, 6.45) is 4.69. The third-order valence-electron chi connectivity index (χ3n) is 4.87. The Labute approximate surface area is 131 Å². The van der Waals surface area contributed by atoms with E-state index in [4.69, 9.17) is 5.26 Å². The van der Waals surface area contributed by atoms with Crippen LogP contribution in [0.4, 0.5) is 5.69 Å². The van der Waals surface area contributed by atoms with Gasteiger partial charge in [-0.05, 0) is 42.0 Å². The summed E-state index contributed by atoms with van der Waals surface area (Å²) < 4.78 is 0. The van der Waals surface area contributed by atoms with Crippen molar-refractivity contribution in [2.75, 3.05) is 11.4 Å². The molecular weight excluding hydrogens is 268 g/mol. The number of rotatable bonds is 0. The Morgan fingerprint density at radius 1 is 1.05 bits per heavy atom. The Morgan fingerprint density at radius 3 is 2.68 bits per heavy atom. The number of anilines is 1. The van der Waals surface area contributed by atoms with Crippen LogP contribution in [-0.4, -0.2) is 6.54 Å². The largest absolute Gasteiger partial charge is 0.364 e. The lowest BCUT2D eigenvalue weighted by Gasteiger charge is -2.39. The van der Waals surface area contributed by atoms with Crippen molar-refractivity contribution in [1.29, 1.82) is 5.26 Å². The van der Waals surface area contributed by atoms with Crippen molar-refractivity contribution in [2.45, 2.75) is 25.3 Å². The molecular formula is C20H18N2. The van der Waals surface area contributed by atoms with Gasteiger partial charge in [0.15, 0.2) is 0 Å². The standard InChI is InChI=1S/C20H18N2/c21-11-9-15-10-12-22-19-8-4-2-6-17(19)14-16-5-1-3-7-18(16)20(22)13-15/h1-9,20H,10,12-14H2. The van der Waals surface area contributed by atoms with Crippen LogP contribution in [0, 0.1) is 11.3 Å². The van der Waals surface area contributed by atoms with Crippen LogP contribution in [0.5, 0.6) is 0 Å². The van der Waals surface area contributed by atoms with Gasteiger partial charge in [-0.1, -0.05) is 48.0 Å². The molecule has 2 heteroatoms. The first kappa shape index (κ1) is 13.2. The second kappa shape index (κ2) is 5.35. The van der Waals surface area contributed by atoms with Gasteiger partial charge in [0, 0.05) is 18.3 Å². The number of benzene rings is 2. The van der Waals surface area contributed by atoms with E-state index < -0.39 is 0 Å². The molecule has 0 N–H and O–H groups in total. The lowest BCUT2D eigenvalue weighted by molar-refractivity contribution is 0.554. The van der Waals surface area contributed by atoms with Gasteiger partial charge < -0.3 is 4.90 Å². The summed E-state index contributed by atoms with van der Waals surface area (Å²) >= 11 is 0. The van der Waals surface area contributed by atoms with E-state index in [0.717, 1.165) is 25.8 Å². The van der Waals surface area contributed by atoms with Crippen molar-refractivity contribution in [1.82, 2.24) is 0 Å². The summed E-state index contributed by atoms with van der Waals surface area (Å²) in [5.41, 5.74) is 6.88. The van der Waals surface area contributed by atoms with Crippen molar-refractivity contribution in [3.63, 3.8) is 0 Å². The number of hydrogen-bond acceptors (Lipinski definition) is 2. The summed E-state index contributed by atoms with van der Waals surface area (Å²) in [7, 11) is 0. The maximum Gasteiger partial charge on any atom is 0.0911 e. The van der Waals surface area contributed by atoms with E-state index in [9.17, 15) is 0 Å². The first-order valence-electron chi connectivity index (χ1n) is 7.86. The van der Waals surface area contributed by atoms with Crippen molar-refractivity contribution in [2.24, 2.45) is 0 Å². The lowest BCUT2D eigenvalue weighted by Crippen LogP contribution is -2.34. The minimum atomic E-state index is 0.355. The molecule has 0 aliphatic carbocycles. The second-order valence-corrected chi connectivity index (χ2v) is 6.10. The average Bonchev–Trinajstić information content (AvgIpc) is 2.69. The summed E-state index contributed by atoms with van der Waals surface area (Å²) in [6.45, 7) is 0.990. The molecule has 1 atom stereocenters.